The summed E-state index contributed by atoms with van der Waals surface area (Å²) in [5, 5.41) is 0. The summed E-state index contributed by atoms with van der Waals surface area (Å²) in [6.07, 6.45) is 0. The van der Waals surface area contributed by atoms with Gasteiger partial charge in [-0.1, -0.05) is 18.2 Å². The summed E-state index contributed by atoms with van der Waals surface area (Å²) in [4.78, 5) is 0. The van der Waals surface area contributed by atoms with Crippen molar-refractivity contribution in [2.45, 2.75) is 0 Å². The average Bonchev–Trinajstić information content (AvgIpc) is 0.918. The van der Waals surface area contributed by atoms with E-state index in [0.717, 1.165) is 0 Å². The molecule has 0 aromatic heterocycles. The van der Waals surface area contributed by atoms with E-state index in [-0.39, 0.29) is 17.4 Å². The molecule has 0 aliphatic carbocycles. The molecule has 0 aliphatic rings. The van der Waals surface area contributed by atoms with E-state index in [2.05, 4.69) is 6.58 Å². The smallest absolute Gasteiger partial charge is 0.0936 e. The maximum Gasteiger partial charge on any atom is 3.00 e. The van der Waals surface area contributed by atoms with E-state index in [1.165, 1.54) is 5.54 Å². The van der Waals surface area contributed by atoms with E-state index in [9.17, 15) is 0 Å². The molecule has 0 saturated heterocycles. The predicted octanol–water partition coefficient (Wildman–Crippen LogP) is 0.988. The fourth-order valence-electron chi connectivity index (χ4n) is 0. The van der Waals surface area contributed by atoms with E-state index in [1.54, 1.807) is 0 Å². The summed E-state index contributed by atoms with van der Waals surface area (Å²) in [5.41, 5.74) is 1.22. The van der Waals surface area contributed by atoms with Gasteiger partial charge < -0.3 is 0 Å². The van der Waals surface area contributed by atoms with Crippen LogP contribution in [0.25, 0.3) is 0 Å². The SMILES string of the molecule is C=CCl.[Al+3]. The van der Waals surface area contributed by atoms with Gasteiger partial charge in [0.1, 0.15) is 0 Å². The molecule has 0 bridgehead atoms. The molecule has 4 heavy (non-hydrogen) atoms. The third kappa shape index (κ3) is 19.8. The van der Waals surface area contributed by atoms with Crippen LogP contribution in [0.5, 0.6) is 0 Å². The van der Waals surface area contributed by atoms with Crippen molar-refractivity contribution in [3.8, 4) is 0 Å². The van der Waals surface area contributed by atoms with Gasteiger partial charge in [0, 0.05) is 0 Å². The van der Waals surface area contributed by atoms with Gasteiger partial charge in [-0.05, 0) is 5.54 Å². The Bertz CT molecular complexity index is 13.5. The van der Waals surface area contributed by atoms with E-state index < -0.39 is 0 Å². The first kappa shape index (κ1) is 8.82. The third-order valence-corrected chi connectivity index (χ3v) is 0. The Morgan fingerprint density at radius 3 is 1.75 bits per heavy atom. The van der Waals surface area contributed by atoms with Crippen LogP contribution < -0.4 is 0 Å². The zero-order valence-corrected chi connectivity index (χ0v) is 4.15. The maximum atomic E-state index is 4.76. The summed E-state index contributed by atoms with van der Waals surface area (Å²) in [7, 11) is 0. The summed E-state index contributed by atoms with van der Waals surface area (Å²) in [6, 6.07) is 0. The Morgan fingerprint density at radius 1 is 1.75 bits per heavy atom. The summed E-state index contributed by atoms with van der Waals surface area (Å²) in [5.74, 6) is 0. The molecule has 0 nitrogen and oxygen atoms in total. The summed E-state index contributed by atoms with van der Waals surface area (Å²) in [6.45, 7) is 3.13. The monoisotopic (exact) mass is 89.0 g/mol. The molecule has 0 radical (unpaired) electrons. The van der Waals surface area contributed by atoms with Crippen LogP contribution in [0.1, 0.15) is 0 Å². The van der Waals surface area contributed by atoms with E-state index in [0.29, 0.717) is 0 Å². The number of rotatable bonds is 0. The van der Waals surface area contributed by atoms with E-state index in [4.69, 9.17) is 11.6 Å². The molecular formula is C2H3AlCl+3. The van der Waals surface area contributed by atoms with Crippen LogP contribution in [-0.2, 0) is 0 Å². The first-order valence-electron chi connectivity index (χ1n) is 0.626. The molecular weight excluding hydrogens is 86.5 g/mol. The van der Waals surface area contributed by atoms with Gasteiger partial charge in [0.15, 0.2) is 0 Å². The molecule has 0 unspecified atom stereocenters. The minimum Gasteiger partial charge on any atom is -0.0936 e. The second kappa shape index (κ2) is 9.58. The quantitative estimate of drug-likeness (QED) is 0.388. The van der Waals surface area contributed by atoms with Gasteiger partial charge in [0.2, 0.25) is 0 Å². The van der Waals surface area contributed by atoms with Crippen molar-refractivity contribution in [3.63, 3.8) is 0 Å². The minimum absolute atomic E-state index is 0. The molecule has 0 rings (SSSR count). The normalized spacial score (nSPS) is 3.25. The Kier molecular flexibility index (Phi) is 21.1. The Morgan fingerprint density at radius 2 is 1.75 bits per heavy atom. The van der Waals surface area contributed by atoms with Crippen LogP contribution in [0.15, 0.2) is 12.1 Å². The molecule has 0 heterocycles. The maximum absolute atomic E-state index is 4.76. The molecule has 18 valence electrons. The fraction of sp³-hybridized carbons (Fsp3) is 0. The van der Waals surface area contributed by atoms with Crippen molar-refractivity contribution in [1.82, 2.24) is 0 Å². The molecule has 0 aromatic rings. The van der Waals surface area contributed by atoms with Crippen molar-refractivity contribution in [1.29, 1.82) is 0 Å². The van der Waals surface area contributed by atoms with Gasteiger partial charge in [-0.15, -0.1) is 0 Å². The van der Waals surface area contributed by atoms with Crippen molar-refractivity contribution in [2.24, 2.45) is 0 Å². The topological polar surface area (TPSA) is 0 Å². The van der Waals surface area contributed by atoms with Gasteiger partial charge >= 0.3 is 17.4 Å². The molecule has 0 fully saturated rings. The predicted molar refractivity (Wildman–Crippen MR) is 21.8 cm³/mol. The van der Waals surface area contributed by atoms with Crippen LogP contribution in [0, 0.1) is 0 Å². The van der Waals surface area contributed by atoms with Gasteiger partial charge in [0.25, 0.3) is 0 Å². The Hall–Kier alpha value is 0.562. The molecule has 0 saturated carbocycles. The molecule has 0 amide bonds. The van der Waals surface area contributed by atoms with Crippen molar-refractivity contribution < 1.29 is 0 Å². The molecule has 2 heteroatoms. The van der Waals surface area contributed by atoms with Crippen LogP contribution in [0.4, 0.5) is 0 Å². The van der Waals surface area contributed by atoms with Crippen molar-refractivity contribution in [3.05, 3.63) is 12.1 Å². The number of halogens is 1. The Labute approximate surface area is 41.6 Å². The molecule has 0 atom stereocenters. The molecule has 0 spiro atoms. The molecule has 0 aromatic carbocycles. The van der Waals surface area contributed by atoms with Gasteiger partial charge in [-0.3, -0.25) is 0 Å². The van der Waals surface area contributed by atoms with Crippen molar-refractivity contribution in [2.75, 3.05) is 0 Å². The second-order valence-electron chi connectivity index (χ2n) is 0.154. The zero-order chi connectivity index (χ0) is 2.71. The second-order valence-corrected chi connectivity index (χ2v) is 0.463. The largest absolute Gasteiger partial charge is 3.00 e. The average molecular weight is 89.5 g/mol. The summed E-state index contributed by atoms with van der Waals surface area (Å²) >= 11 is 4.76. The van der Waals surface area contributed by atoms with Gasteiger partial charge in [0.05, 0.1) is 0 Å². The third-order valence-electron chi connectivity index (χ3n) is 0. The fourth-order valence-corrected chi connectivity index (χ4v) is 0. The zero-order valence-electron chi connectivity index (χ0n) is 2.24. The first-order valence-corrected chi connectivity index (χ1v) is 1.06. The van der Waals surface area contributed by atoms with Crippen LogP contribution in [-0.4, -0.2) is 17.4 Å². The molecule has 0 N–H and O–H groups in total. The van der Waals surface area contributed by atoms with E-state index in [1.807, 2.05) is 0 Å². The number of hydrogen-bond donors (Lipinski definition) is 0. The van der Waals surface area contributed by atoms with Crippen LogP contribution in [0.3, 0.4) is 0 Å². The van der Waals surface area contributed by atoms with Gasteiger partial charge in [-0.25, -0.2) is 0 Å². The van der Waals surface area contributed by atoms with Crippen LogP contribution in [0.2, 0.25) is 0 Å². The van der Waals surface area contributed by atoms with Gasteiger partial charge in [-0.2, -0.15) is 0 Å². The first-order chi connectivity index (χ1) is 1.41. The van der Waals surface area contributed by atoms with Crippen molar-refractivity contribution >= 4 is 29.0 Å². The molecule has 0 aliphatic heterocycles. The Balaban J connectivity index is 0. The summed E-state index contributed by atoms with van der Waals surface area (Å²) < 4.78 is 0. The minimum atomic E-state index is 0. The van der Waals surface area contributed by atoms with Crippen LogP contribution >= 0.6 is 11.6 Å². The van der Waals surface area contributed by atoms with E-state index >= 15 is 0 Å². The number of hydrogen-bond acceptors (Lipinski definition) is 0. The standard InChI is InChI=1S/C2H3Cl.Al/c1-2-3;/h2H,1H2;/q;+3.